The summed E-state index contributed by atoms with van der Waals surface area (Å²) in [5.41, 5.74) is 2.17. The van der Waals surface area contributed by atoms with Gasteiger partial charge in [0.1, 0.15) is 5.75 Å². The number of hydrogen-bond donors (Lipinski definition) is 1. The van der Waals surface area contributed by atoms with Crippen LogP contribution in [0.2, 0.25) is 0 Å². The van der Waals surface area contributed by atoms with E-state index >= 15 is 0 Å². The zero-order chi connectivity index (χ0) is 12.7. The number of rotatable bonds is 6. The standard InChI is InChI=1S/C13H19NO2S/c1-3-8-14-13(15)10-17(16)9-12-7-5-4-6-11(12)2/h4-7H,3,8-10H2,1-2H3,(H,14,15)/t17-/m0/s1. The number of carbonyl (C=O) groups excluding carboxylic acids is 1. The third-order valence-corrected chi connectivity index (χ3v) is 3.66. The molecule has 0 aromatic heterocycles. The summed E-state index contributed by atoms with van der Waals surface area (Å²) in [7, 11) is -1.13. The molecule has 1 N–H and O–H groups in total. The van der Waals surface area contributed by atoms with Crippen LogP contribution in [0.4, 0.5) is 0 Å². The van der Waals surface area contributed by atoms with Crippen molar-refractivity contribution in [2.75, 3.05) is 12.3 Å². The van der Waals surface area contributed by atoms with Gasteiger partial charge in [0, 0.05) is 23.1 Å². The third-order valence-electron chi connectivity index (χ3n) is 2.44. The molecule has 1 aromatic rings. The molecule has 17 heavy (non-hydrogen) atoms. The molecule has 1 rings (SSSR count). The lowest BCUT2D eigenvalue weighted by Crippen LogP contribution is -2.29. The predicted octanol–water partition coefficient (Wildman–Crippen LogP) is 1.77. The SMILES string of the molecule is CCCNC(=O)C[S@@](=O)Cc1ccccc1C. The molecule has 0 heterocycles. The summed E-state index contributed by atoms with van der Waals surface area (Å²) in [6.07, 6.45) is 0.899. The van der Waals surface area contributed by atoms with Gasteiger partial charge in [-0.3, -0.25) is 9.00 Å². The third kappa shape index (κ3) is 5.13. The Morgan fingerprint density at radius 2 is 2.06 bits per heavy atom. The highest BCUT2D eigenvalue weighted by atomic mass is 32.2. The van der Waals surface area contributed by atoms with Crippen LogP contribution < -0.4 is 5.32 Å². The van der Waals surface area contributed by atoms with Crippen LogP contribution in [0.25, 0.3) is 0 Å². The van der Waals surface area contributed by atoms with E-state index in [0.29, 0.717) is 12.3 Å². The Labute approximate surface area is 105 Å². The molecular formula is C13H19NO2S. The molecule has 0 saturated heterocycles. The average Bonchev–Trinajstić information content (AvgIpc) is 2.29. The minimum Gasteiger partial charge on any atom is -0.355 e. The Morgan fingerprint density at radius 1 is 1.35 bits per heavy atom. The Balaban J connectivity index is 2.45. The van der Waals surface area contributed by atoms with Crippen LogP contribution in [0.3, 0.4) is 0 Å². The van der Waals surface area contributed by atoms with E-state index in [-0.39, 0.29) is 11.7 Å². The lowest BCUT2D eigenvalue weighted by Gasteiger charge is -2.06. The summed E-state index contributed by atoms with van der Waals surface area (Å²) in [6.45, 7) is 4.63. The van der Waals surface area contributed by atoms with E-state index in [1.807, 2.05) is 38.1 Å². The second-order valence-electron chi connectivity index (χ2n) is 4.00. The molecule has 3 nitrogen and oxygen atoms in total. The largest absolute Gasteiger partial charge is 0.355 e. The topological polar surface area (TPSA) is 46.2 Å². The quantitative estimate of drug-likeness (QED) is 0.840. The van der Waals surface area contributed by atoms with Crippen LogP contribution in [0.5, 0.6) is 0 Å². The number of carbonyl (C=O) groups is 1. The molecule has 0 unspecified atom stereocenters. The monoisotopic (exact) mass is 253 g/mol. The van der Waals surface area contributed by atoms with E-state index in [1.54, 1.807) is 0 Å². The summed E-state index contributed by atoms with van der Waals surface area (Å²) in [5.74, 6) is 0.416. The van der Waals surface area contributed by atoms with Gasteiger partial charge in [-0.1, -0.05) is 31.2 Å². The zero-order valence-corrected chi connectivity index (χ0v) is 11.2. The summed E-state index contributed by atoms with van der Waals surface area (Å²) in [5, 5.41) is 2.73. The summed E-state index contributed by atoms with van der Waals surface area (Å²) in [4.78, 5) is 11.4. The van der Waals surface area contributed by atoms with Gasteiger partial charge in [-0.05, 0) is 24.5 Å². The normalized spacial score (nSPS) is 12.1. The van der Waals surface area contributed by atoms with Gasteiger partial charge in [-0.2, -0.15) is 0 Å². The smallest absolute Gasteiger partial charge is 0.232 e. The lowest BCUT2D eigenvalue weighted by atomic mass is 10.1. The fraction of sp³-hybridized carbons (Fsp3) is 0.462. The molecule has 0 saturated carbocycles. The van der Waals surface area contributed by atoms with Gasteiger partial charge in [0.2, 0.25) is 5.91 Å². The highest BCUT2D eigenvalue weighted by Crippen LogP contribution is 2.09. The van der Waals surface area contributed by atoms with Crippen molar-refractivity contribution in [2.24, 2.45) is 0 Å². The highest BCUT2D eigenvalue weighted by Gasteiger charge is 2.09. The van der Waals surface area contributed by atoms with Gasteiger partial charge < -0.3 is 5.32 Å². The minimum absolute atomic E-state index is 0.0916. The lowest BCUT2D eigenvalue weighted by molar-refractivity contribution is -0.118. The van der Waals surface area contributed by atoms with E-state index in [0.717, 1.165) is 17.5 Å². The van der Waals surface area contributed by atoms with Crippen molar-refractivity contribution in [3.8, 4) is 0 Å². The Morgan fingerprint density at radius 3 is 2.71 bits per heavy atom. The Kier molecular flexibility index (Phi) is 5.91. The zero-order valence-electron chi connectivity index (χ0n) is 10.4. The van der Waals surface area contributed by atoms with Gasteiger partial charge in [0.15, 0.2) is 0 Å². The van der Waals surface area contributed by atoms with Crippen LogP contribution in [0, 0.1) is 6.92 Å². The second-order valence-corrected chi connectivity index (χ2v) is 5.46. The van der Waals surface area contributed by atoms with Crippen molar-refractivity contribution in [3.63, 3.8) is 0 Å². The van der Waals surface area contributed by atoms with Crippen LogP contribution >= 0.6 is 0 Å². The van der Waals surface area contributed by atoms with Crippen LogP contribution in [-0.2, 0) is 21.3 Å². The van der Waals surface area contributed by atoms with E-state index in [9.17, 15) is 9.00 Å². The average molecular weight is 253 g/mol. The minimum atomic E-state index is -1.13. The van der Waals surface area contributed by atoms with Crippen LogP contribution in [0.1, 0.15) is 24.5 Å². The van der Waals surface area contributed by atoms with Crippen molar-refractivity contribution >= 4 is 16.7 Å². The molecule has 4 heteroatoms. The molecule has 0 bridgehead atoms. The molecule has 0 aliphatic heterocycles. The van der Waals surface area contributed by atoms with Gasteiger partial charge in [0.05, 0.1) is 0 Å². The molecular weight excluding hydrogens is 234 g/mol. The predicted molar refractivity (Wildman–Crippen MR) is 71.2 cm³/mol. The molecule has 0 radical (unpaired) electrons. The molecule has 0 aliphatic carbocycles. The molecule has 1 atom stereocenters. The summed E-state index contributed by atoms with van der Waals surface area (Å²) >= 11 is 0. The number of amides is 1. The first-order valence-electron chi connectivity index (χ1n) is 5.79. The maximum absolute atomic E-state index is 11.8. The fourth-order valence-corrected chi connectivity index (χ4v) is 2.63. The van der Waals surface area contributed by atoms with E-state index in [4.69, 9.17) is 0 Å². The molecule has 0 spiro atoms. The van der Waals surface area contributed by atoms with Crippen LogP contribution in [-0.4, -0.2) is 22.4 Å². The van der Waals surface area contributed by atoms with E-state index < -0.39 is 10.8 Å². The van der Waals surface area contributed by atoms with E-state index in [1.165, 1.54) is 0 Å². The number of benzene rings is 1. The molecule has 1 amide bonds. The van der Waals surface area contributed by atoms with Crippen molar-refractivity contribution in [1.82, 2.24) is 5.32 Å². The number of hydrogen-bond acceptors (Lipinski definition) is 2. The molecule has 0 fully saturated rings. The molecule has 94 valence electrons. The van der Waals surface area contributed by atoms with Crippen molar-refractivity contribution in [2.45, 2.75) is 26.0 Å². The first-order chi connectivity index (χ1) is 8.13. The van der Waals surface area contributed by atoms with Crippen LogP contribution in [0.15, 0.2) is 24.3 Å². The number of aryl methyl sites for hydroxylation is 1. The summed E-state index contributed by atoms with van der Waals surface area (Å²) in [6, 6.07) is 7.83. The van der Waals surface area contributed by atoms with Gasteiger partial charge in [-0.25, -0.2) is 0 Å². The van der Waals surface area contributed by atoms with Crippen molar-refractivity contribution in [3.05, 3.63) is 35.4 Å². The fourth-order valence-electron chi connectivity index (χ4n) is 1.46. The maximum Gasteiger partial charge on any atom is 0.232 e. The van der Waals surface area contributed by atoms with Crippen molar-refractivity contribution < 1.29 is 9.00 Å². The second kappa shape index (κ2) is 7.22. The van der Waals surface area contributed by atoms with E-state index in [2.05, 4.69) is 5.32 Å². The summed E-state index contributed by atoms with van der Waals surface area (Å²) < 4.78 is 11.8. The Hall–Kier alpha value is -1.16. The molecule has 1 aromatic carbocycles. The first kappa shape index (κ1) is 13.9. The van der Waals surface area contributed by atoms with Gasteiger partial charge >= 0.3 is 0 Å². The first-order valence-corrected chi connectivity index (χ1v) is 7.28. The number of nitrogens with one attached hydrogen (secondary N) is 1. The Bertz CT molecular complexity index is 404. The van der Waals surface area contributed by atoms with Gasteiger partial charge in [0.25, 0.3) is 0 Å². The van der Waals surface area contributed by atoms with Crippen molar-refractivity contribution in [1.29, 1.82) is 0 Å². The maximum atomic E-state index is 11.8. The highest BCUT2D eigenvalue weighted by molar-refractivity contribution is 7.84. The molecule has 0 aliphatic rings. The van der Waals surface area contributed by atoms with Gasteiger partial charge in [-0.15, -0.1) is 0 Å².